The number of nitriles is 1. The predicted octanol–water partition coefficient (Wildman–Crippen LogP) is 5.87. The van der Waals surface area contributed by atoms with E-state index in [0.29, 0.717) is 17.2 Å². The van der Waals surface area contributed by atoms with E-state index in [-0.39, 0.29) is 11.5 Å². The van der Waals surface area contributed by atoms with E-state index >= 15 is 0 Å². The summed E-state index contributed by atoms with van der Waals surface area (Å²) >= 11 is 6.19. The molecule has 0 saturated heterocycles. The highest BCUT2D eigenvalue weighted by molar-refractivity contribution is 6.30. The van der Waals surface area contributed by atoms with Gasteiger partial charge >= 0.3 is 0 Å². The number of hydrogen-bond acceptors (Lipinski definition) is 3. The first kappa shape index (κ1) is 19.9. The fourth-order valence-electron chi connectivity index (χ4n) is 3.06. The minimum absolute atomic E-state index is 0.198. The third-order valence-corrected chi connectivity index (χ3v) is 5.15. The van der Waals surface area contributed by atoms with Crippen LogP contribution in [0.5, 0.6) is 5.75 Å². The van der Waals surface area contributed by atoms with E-state index < -0.39 is 0 Å². The molecule has 142 valence electrons. The molecule has 0 amide bonds. The fraction of sp³-hybridized carbons (Fsp3) is 0.250. The summed E-state index contributed by atoms with van der Waals surface area (Å²) in [5.74, 6) is 0.812. The Morgan fingerprint density at radius 1 is 1.14 bits per heavy atom. The number of hydrogen-bond donors (Lipinski definition) is 0. The molecule has 0 spiro atoms. The van der Waals surface area contributed by atoms with Crippen LogP contribution >= 0.6 is 11.6 Å². The van der Waals surface area contributed by atoms with Gasteiger partial charge in [-0.15, -0.1) is 0 Å². The van der Waals surface area contributed by atoms with Gasteiger partial charge in [-0.1, -0.05) is 49.7 Å². The van der Waals surface area contributed by atoms with Crippen LogP contribution in [0.1, 0.15) is 37.5 Å². The van der Waals surface area contributed by atoms with E-state index in [1.165, 1.54) is 0 Å². The van der Waals surface area contributed by atoms with Gasteiger partial charge in [0.05, 0.1) is 17.7 Å². The van der Waals surface area contributed by atoms with Crippen LogP contribution < -0.4 is 4.74 Å². The Morgan fingerprint density at radius 2 is 1.89 bits per heavy atom. The Kier molecular flexibility index (Phi) is 6.02. The van der Waals surface area contributed by atoms with E-state index in [4.69, 9.17) is 16.3 Å². The number of allylic oxidation sites excluding steroid dienone is 1. The molecule has 1 heterocycles. The molecule has 1 atom stereocenters. The van der Waals surface area contributed by atoms with Crippen molar-refractivity contribution in [1.82, 2.24) is 0 Å². The number of halogens is 1. The van der Waals surface area contributed by atoms with Crippen molar-refractivity contribution in [2.24, 2.45) is 4.99 Å². The first-order chi connectivity index (χ1) is 13.4. The van der Waals surface area contributed by atoms with Crippen molar-refractivity contribution in [2.45, 2.75) is 32.2 Å². The molecule has 3 nitrogen and oxygen atoms in total. The first-order valence-electron chi connectivity index (χ1n) is 9.23. The summed E-state index contributed by atoms with van der Waals surface area (Å²) in [6, 6.07) is 15.9. The normalized spacial score (nSPS) is 16.2. The van der Waals surface area contributed by atoms with Crippen LogP contribution in [0.2, 0.25) is 5.02 Å². The summed E-state index contributed by atoms with van der Waals surface area (Å²) in [5, 5.41) is 9.79. The quantitative estimate of drug-likeness (QED) is 0.640. The van der Waals surface area contributed by atoms with Crippen LogP contribution in [0, 0.1) is 11.3 Å². The molecule has 1 unspecified atom stereocenters. The summed E-state index contributed by atoms with van der Waals surface area (Å²) in [5.41, 5.74) is 3.50. The molecule has 3 rings (SSSR count). The van der Waals surface area contributed by atoms with Crippen molar-refractivity contribution in [3.05, 3.63) is 88.0 Å². The molecule has 1 aliphatic rings. The van der Waals surface area contributed by atoms with E-state index in [1.807, 2.05) is 43.5 Å². The molecule has 28 heavy (non-hydrogen) atoms. The van der Waals surface area contributed by atoms with Crippen LogP contribution in [-0.4, -0.2) is 18.9 Å². The minimum atomic E-state index is -0.284. The van der Waals surface area contributed by atoms with Gasteiger partial charge in [-0.25, -0.2) is 0 Å². The van der Waals surface area contributed by atoms with Crippen LogP contribution in [0.4, 0.5) is 0 Å². The maximum Gasteiger partial charge on any atom is 0.119 e. The van der Waals surface area contributed by atoms with Gasteiger partial charge < -0.3 is 4.74 Å². The summed E-state index contributed by atoms with van der Waals surface area (Å²) in [6.45, 7) is 6.79. The van der Waals surface area contributed by atoms with Crippen LogP contribution in [0.3, 0.4) is 0 Å². The van der Waals surface area contributed by atoms with E-state index in [0.717, 1.165) is 22.4 Å². The van der Waals surface area contributed by atoms with Gasteiger partial charge in [-0.2, -0.15) is 5.26 Å². The molecule has 0 N–H and O–H groups in total. The SMILES string of the molecule is CC1C=CC(COc2ccc(C(C)(C)c3cc(Cl)cc(C#N)c3)cc2)=CC=N1. The van der Waals surface area contributed by atoms with Gasteiger partial charge in [0, 0.05) is 16.7 Å². The summed E-state index contributed by atoms with van der Waals surface area (Å²) in [4.78, 5) is 4.34. The second kappa shape index (κ2) is 8.46. The number of aliphatic imine (C=N–C) groups is 1. The Balaban J connectivity index is 1.74. The zero-order valence-corrected chi connectivity index (χ0v) is 17.1. The third-order valence-electron chi connectivity index (χ3n) is 4.93. The Hall–Kier alpha value is -2.83. The zero-order valence-electron chi connectivity index (χ0n) is 16.3. The molecule has 4 heteroatoms. The molecular formula is C24H23ClN2O. The predicted molar refractivity (Wildman–Crippen MR) is 115 cm³/mol. The lowest BCUT2D eigenvalue weighted by atomic mass is 9.78. The minimum Gasteiger partial charge on any atom is -0.489 e. The van der Waals surface area contributed by atoms with Crippen LogP contribution in [-0.2, 0) is 5.41 Å². The second-order valence-electron chi connectivity index (χ2n) is 7.42. The van der Waals surface area contributed by atoms with Crippen molar-refractivity contribution < 1.29 is 4.74 Å². The Morgan fingerprint density at radius 3 is 2.61 bits per heavy atom. The monoisotopic (exact) mass is 390 g/mol. The maximum atomic E-state index is 9.22. The Bertz CT molecular complexity index is 979. The van der Waals surface area contributed by atoms with Gasteiger partial charge in [0.15, 0.2) is 0 Å². The molecule has 2 aromatic rings. The standard InChI is InChI=1S/C24H23ClN2O/c1-17-4-5-18(10-11-27-17)16-28-23-8-6-20(7-9-23)24(2,3)21-12-19(15-26)13-22(25)14-21/h4-14,17H,16H2,1-3H3. The molecule has 0 radical (unpaired) electrons. The first-order valence-corrected chi connectivity index (χ1v) is 9.61. The topological polar surface area (TPSA) is 45.4 Å². The largest absolute Gasteiger partial charge is 0.489 e. The van der Waals surface area contributed by atoms with Crippen LogP contribution in [0.15, 0.2) is 71.3 Å². The second-order valence-corrected chi connectivity index (χ2v) is 7.85. The molecule has 0 saturated carbocycles. The third kappa shape index (κ3) is 4.71. The number of ether oxygens (including phenoxy) is 1. The maximum absolute atomic E-state index is 9.22. The Labute approximate surface area is 171 Å². The number of nitrogens with zero attached hydrogens (tertiary/aromatic N) is 2. The van der Waals surface area contributed by atoms with E-state index in [9.17, 15) is 5.26 Å². The highest BCUT2D eigenvalue weighted by Crippen LogP contribution is 2.34. The lowest BCUT2D eigenvalue weighted by Gasteiger charge is -2.26. The molecule has 0 aliphatic carbocycles. The summed E-state index contributed by atoms with van der Waals surface area (Å²) < 4.78 is 5.92. The van der Waals surface area contributed by atoms with Gasteiger partial charge in [0.2, 0.25) is 0 Å². The lowest BCUT2D eigenvalue weighted by Crippen LogP contribution is -2.19. The van der Waals surface area contributed by atoms with Gasteiger partial charge in [-0.3, -0.25) is 4.99 Å². The van der Waals surface area contributed by atoms with Crippen molar-refractivity contribution in [2.75, 3.05) is 6.61 Å². The van der Waals surface area contributed by atoms with Crippen molar-refractivity contribution in [1.29, 1.82) is 5.26 Å². The van der Waals surface area contributed by atoms with Gasteiger partial charge in [-0.05, 0) is 60.0 Å². The average Bonchev–Trinajstić information content (AvgIpc) is 2.90. The summed E-state index contributed by atoms with van der Waals surface area (Å²) in [6.07, 6.45) is 7.92. The van der Waals surface area contributed by atoms with Crippen molar-refractivity contribution in [3.63, 3.8) is 0 Å². The smallest absolute Gasteiger partial charge is 0.119 e. The van der Waals surface area contributed by atoms with Gasteiger partial charge in [0.25, 0.3) is 0 Å². The molecular weight excluding hydrogens is 368 g/mol. The summed E-state index contributed by atoms with van der Waals surface area (Å²) in [7, 11) is 0. The average molecular weight is 391 g/mol. The molecule has 0 bridgehead atoms. The van der Waals surface area contributed by atoms with Crippen molar-refractivity contribution in [3.8, 4) is 11.8 Å². The van der Waals surface area contributed by atoms with Crippen molar-refractivity contribution >= 4 is 17.8 Å². The fourth-order valence-corrected chi connectivity index (χ4v) is 3.29. The molecule has 0 fully saturated rings. The highest BCUT2D eigenvalue weighted by Gasteiger charge is 2.24. The highest BCUT2D eigenvalue weighted by atomic mass is 35.5. The molecule has 2 aromatic carbocycles. The van der Waals surface area contributed by atoms with E-state index in [2.05, 4.69) is 49.2 Å². The zero-order chi connectivity index (χ0) is 20.1. The lowest BCUT2D eigenvalue weighted by molar-refractivity contribution is 0.355. The molecule has 1 aliphatic heterocycles. The number of rotatable bonds is 5. The number of benzene rings is 2. The van der Waals surface area contributed by atoms with Crippen LogP contribution in [0.25, 0.3) is 0 Å². The van der Waals surface area contributed by atoms with E-state index in [1.54, 1.807) is 6.07 Å². The van der Waals surface area contributed by atoms with Gasteiger partial charge in [0.1, 0.15) is 12.4 Å². The molecule has 0 aromatic heterocycles.